The van der Waals surface area contributed by atoms with E-state index in [1.807, 2.05) is 0 Å². The van der Waals surface area contributed by atoms with Crippen LogP contribution in [0.1, 0.15) is 5.69 Å². The highest BCUT2D eigenvalue weighted by Crippen LogP contribution is 2.40. The zero-order chi connectivity index (χ0) is 13.9. The number of pyridine rings is 1. The van der Waals surface area contributed by atoms with Crippen LogP contribution in [0.3, 0.4) is 0 Å². The molecule has 1 aromatic rings. The van der Waals surface area contributed by atoms with Crippen molar-refractivity contribution in [3.63, 3.8) is 0 Å². The lowest BCUT2D eigenvalue weighted by Gasteiger charge is -2.15. The van der Waals surface area contributed by atoms with E-state index in [2.05, 4.69) is 14.5 Å². The summed E-state index contributed by atoms with van der Waals surface area (Å²) in [5, 5.41) is 17.8. The highest BCUT2D eigenvalue weighted by Gasteiger charge is 2.35. The molecule has 2 N–H and O–H groups in total. The molecule has 0 amide bonds. The first kappa shape index (κ1) is 13.9. The van der Waals surface area contributed by atoms with Crippen molar-refractivity contribution in [3.05, 3.63) is 11.9 Å². The largest absolute Gasteiger partial charge is 0.573 e. The standard InChI is InChI=1S/C9H8F3NO5/c1-17-8-5(14)3-13-4(2-6(15)16)7(8)18-9(10,11)12/h3,14H,2H2,1H3,(H,15,16). The number of aliphatic carboxylic acids is 1. The number of carbonyl (C=O) groups is 1. The van der Waals surface area contributed by atoms with Crippen molar-refractivity contribution < 1.29 is 37.7 Å². The van der Waals surface area contributed by atoms with Crippen molar-refractivity contribution >= 4 is 5.97 Å². The van der Waals surface area contributed by atoms with Gasteiger partial charge in [0, 0.05) is 0 Å². The van der Waals surface area contributed by atoms with Crippen molar-refractivity contribution in [2.45, 2.75) is 12.8 Å². The Kier molecular flexibility index (Phi) is 3.84. The van der Waals surface area contributed by atoms with Crippen LogP contribution < -0.4 is 9.47 Å². The van der Waals surface area contributed by atoms with Crippen molar-refractivity contribution in [1.82, 2.24) is 4.98 Å². The molecular formula is C9H8F3NO5. The second kappa shape index (κ2) is 4.98. The molecule has 6 nitrogen and oxygen atoms in total. The summed E-state index contributed by atoms with van der Waals surface area (Å²) < 4.78 is 44.7. The van der Waals surface area contributed by atoms with Gasteiger partial charge in [-0.15, -0.1) is 13.2 Å². The summed E-state index contributed by atoms with van der Waals surface area (Å²) >= 11 is 0. The lowest BCUT2D eigenvalue weighted by Crippen LogP contribution is -2.20. The Morgan fingerprint density at radius 2 is 2.06 bits per heavy atom. The molecule has 0 aliphatic heterocycles. The summed E-state index contributed by atoms with van der Waals surface area (Å²) in [6, 6.07) is 0. The van der Waals surface area contributed by atoms with E-state index in [1.54, 1.807) is 0 Å². The molecule has 0 saturated heterocycles. The zero-order valence-corrected chi connectivity index (χ0v) is 8.98. The quantitative estimate of drug-likeness (QED) is 0.855. The van der Waals surface area contributed by atoms with Crippen LogP contribution in [0.4, 0.5) is 13.2 Å². The van der Waals surface area contributed by atoms with E-state index in [1.165, 1.54) is 0 Å². The van der Waals surface area contributed by atoms with Crippen molar-refractivity contribution in [3.8, 4) is 17.2 Å². The molecule has 0 bridgehead atoms. The van der Waals surface area contributed by atoms with Crippen LogP contribution in [-0.4, -0.2) is 34.6 Å². The minimum Gasteiger partial charge on any atom is -0.503 e. The van der Waals surface area contributed by atoms with Gasteiger partial charge in [0.15, 0.2) is 11.5 Å². The highest BCUT2D eigenvalue weighted by molar-refractivity contribution is 5.71. The summed E-state index contributed by atoms with van der Waals surface area (Å²) in [4.78, 5) is 13.9. The first-order chi connectivity index (χ1) is 8.24. The number of aromatic nitrogens is 1. The summed E-state index contributed by atoms with van der Waals surface area (Å²) in [6.45, 7) is 0. The maximum absolute atomic E-state index is 12.2. The van der Waals surface area contributed by atoms with Gasteiger partial charge in [0.2, 0.25) is 5.75 Å². The van der Waals surface area contributed by atoms with Crippen LogP contribution >= 0.6 is 0 Å². The maximum atomic E-state index is 12.2. The molecule has 0 unspecified atom stereocenters. The number of methoxy groups -OCH3 is 1. The van der Waals surface area contributed by atoms with E-state index in [0.717, 1.165) is 13.3 Å². The van der Waals surface area contributed by atoms with Gasteiger partial charge in [-0.1, -0.05) is 0 Å². The molecule has 0 spiro atoms. The molecule has 0 aliphatic carbocycles. The fraction of sp³-hybridized carbons (Fsp3) is 0.333. The van der Waals surface area contributed by atoms with E-state index >= 15 is 0 Å². The Balaban J connectivity index is 3.29. The smallest absolute Gasteiger partial charge is 0.503 e. The van der Waals surface area contributed by atoms with E-state index in [-0.39, 0.29) is 0 Å². The van der Waals surface area contributed by atoms with Crippen molar-refractivity contribution in [2.24, 2.45) is 0 Å². The fourth-order valence-electron chi connectivity index (χ4n) is 1.19. The number of aromatic hydroxyl groups is 1. The Labute approximate surface area is 98.6 Å². The highest BCUT2D eigenvalue weighted by atomic mass is 19.4. The van der Waals surface area contributed by atoms with Crippen LogP contribution in [-0.2, 0) is 11.2 Å². The van der Waals surface area contributed by atoms with Gasteiger partial charge >= 0.3 is 12.3 Å². The zero-order valence-electron chi connectivity index (χ0n) is 8.98. The molecule has 100 valence electrons. The molecule has 18 heavy (non-hydrogen) atoms. The summed E-state index contributed by atoms with van der Waals surface area (Å²) in [6.07, 6.45) is -5.08. The molecule has 0 aromatic carbocycles. The number of alkyl halides is 3. The van der Waals surface area contributed by atoms with E-state index in [4.69, 9.17) is 5.11 Å². The third kappa shape index (κ3) is 3.40. The summed E-state index contributed by atoms with van der Waals surface area (Å²) in [5.74, 6) is -3.68. The Morgan fingerprint density at radius 3 is 2.50 bits per heavy atom. The van der Waals surface area contributed by atoms with E-state index in [0.29, 0.717) is 0 Å². The maximum Gasteiger partial charge on any atom is 0.573 e. The molecule has 0 radical (unpaired) electrons. The Hall–Kier alpha value is -2.19. The molecular weight excluding hydrogens is 259 g/mol. The van der Waals surface area contributed by atoms with Gasteiger partial charge in [0.25, 0.3) is 0 Å². The van der Waals surface area contributed by atoms with Gasteiger partial charge in [-0.05, 0) is 0 Å². The first-order valence-electron chi connectivity index (χ1n) is 4.47. The van der Waals surface area contributed by atoms with Crippen LogP contribution in [0, 0.1) is 0 Å². The minimum absolute atomic E-state index is 0.505. The second-order valence-corrected chi connectivity index (χ2v) is 3.07. The fourth-order valence-corrected chi connectivity index (χ4v) is 1.19. The molecule has 0 atom stereocenters. The Bertz CT molecular complexity index is 460. The van der Waals surface area contributed by atoms with Gasteiger partial charge in [-0.25, -0.2) is 0 Å². The SMILES string of the molecule is COc1c(O)cnc(CC(=O)O)c1OC(F)(F)F. The normalized spacial score (nSPS) is 11.1. The number of hydrogen-bond acceptors (Lipinski definition) is 5. The molecule has 1 rings (SSSR count). The molecule has 1 aromatic heterocycles. The van der Waals surface area contributed by atoms with Gasteiger partial charge in [-0.3, -0.25) is 9.78 Å². The lowest BCUT2D eigenvalue weighted by atomic mass is 10.2. The third-order valence-corrected chi connectivity index (χ3v) is 1.78. The van der Waals surface area contributed by atoms with E-state index in [9.17, 15) is 23.1 Å². The number of halogens is 3. The first-order valence-corrected chi connectivity index (χ1v) is 4.47. The predicted octanol–water partition coefficient (Wildman–Crippen LogP) is 1.32. The Morgan fingerprint density at radius 1 is 1.44 bits per heavy atom. The number of hydrogen-bond donors (Lipinski definition) is 2. The van der Waals surface area contributed by atoms with Gasteiger partial charge in [0.1, 0.15) is 0 Å². The minimum atomic E-state index is -5.06. The van der Waals surface area contributed by atoms with Gasteiger partial charge in [-0.2, -0.15) is 0 Å². The van der Waals surface area contributed by atoms with Gasteiger partial charge < -0.3 is 19.7 Å². The van der Waals surface area contributed by atoms with Crippen LogP contribution in [0.25, 0.3) is 0 Å². The van der Waals surface area contributed by atoms with Gasteiger partial charge in [0.05, 0.1) is 25.4 Å². The summed E-state index contributed by atoms with van der Waals surface area (Å²) in [5.41, 5.74) is -0.505. The van der Waals surface area contributed by atoms with Crippen LogP contribution in [0.5, 0.6) is 17.2 Å². The number of rotatable bonds is 4. The average molecular weight is 267 g/mol. The number of ether oxygens (including phenoxy) is 2. The monoisotopic (exact) mass is 267 g/mol. The number of nitrogens with zero attached hydrogens (tertiary/aromatic N) is 1. The number of carboxylic acid groups (broad SMARTS) is 1. The molecule has 1 heterocycles. The molecule has 0 fully saturated rings. The average Bonchev–Trinajstić information content (AvgIpc) is 2.20. The van der Waals surface area contributed by atoms with Crippen molar-refractivity contribution in [1.29, 1.82) is 0 Å². The molecule has 9 heteroatoms. The topological polar surface area (TPSA) is 88.9 Å². The predicted molar refractivity (Wildman–Crippen MR) is 50.5 cm³/mol. The molecule has 0 aliphatic rings. The van der Waals surface area contributed by atoms with Crippen molar-refractivity contribution in [2.75, 3.05) is 7.11 Å². The number of carboxylic acids is 1. The van der Waals surface area contributed by atoms with E-state index < -0.39 is 41.7 Å². The van der Waals surface area contributed by atoms with Crippen LogP contribution in [0.15, 0.2) is 6.20 Å². The second-order valence-electron chi connectivity index (χ2n) is 3.07. The summed E-state index contributed by atoms with van der Waals surface area (Å²) in [7, 11) is 1.00. The lowest BCUT2D eigenvalue weighted by molar-refractivity contribution is -0.275. The molecule has 0 saturated carbocycles. The third-order valence-electron chi connectivity index (χ3n) is 1.78. The van der Waals surface area contributed by atoms with Crippen LogP contribution in [0.2, 0.25) is 0 Å².